The summed E-state index contributed by atoms with van der Waals surface area (Å²) in [5.41, 5.74) is 2.69. The van der Waals surface area contributed by atoms with Gasteiger partial charge in [-0.25, -0.2) is 0 Å². The van der Waals surface area contributed by atoms with Crippen molar-refractivity contribution < 1.29 is 9.53 Å². The van der Waals surface area contributed by atoms with Crippen LogP contribution in [0.5, 0.6) is 5.75 Å². The van der Waals surface area contributed by atoms with Crippen molar-refractivity contribution in [2.75, 3.05) is 0 Å². The van der Waals surface area contributed by atoms with Crippen molar-refractivity contribution >= 4 is 5.97 Å². The molecule has 0 aliphatic rings. The summed E-state index contributed by atoms with van der Waals surface area (Å²) < 4.78 is 5.26. The molecule has 2 aromatic rings. The summed E-state index contributed by atoms with van der Waals surface area (Å²) in [4.78, 5) is 11.5. The van der Waals surface area contributed by atoms with E-state index in [0.717, 1.165) is 24.0 Å². The van der Waals surface area contributed by atoms with E-state index in [-0.39, 0.29) is 5.97 Å². The van der Waals surface area contributed by atoms with Crippen LogP contribution in [-0.2, 0) is 4.79 Å². The van der Waals surface area contributed by atoms with E-state index in [4.69, 9.17) is 10.00 Å². The quantitative estimate of drug-likeness (QED) is 0.605. The van der Waals surface area contributed by atoms with Crippen LogP contribution in [-0.4, -0.2) is 5.97 Å². The van der Waals surface area contributed by atoms with Crippen LogP contribution in [0.15, 0.2) is 48.5 Å². The first-order valence-corrected chi connectivity index (χ1v) is 7.04. The van der Waals surface area contributed by atoms with Gasteiger partial charge in [0.25, 0.3) is 0 Å². The Hall–Kier alpha value is -2.60. The molecular weight excluding hydrogens is 262 g/mol. The first kappa shape index (κ1) is 14.8. The Kier molecular flexibility index (Phi) is 5.11. The molecule has 0 saturated heterocycles. The topological polar surface area (TPSA) is 50.1 Å². The minimum atomic E-state index is -0.192. The van der Waals surface area contributed by atoms with Crippen molar-refractivity contribution in [2.45, 2.75) is 26.2 Å². The lowest BCUT2D eigenvalue weighted by Crippen LogP contribution is -2.07. The maximum absolute atomic E-state index is 11.5. The molecule has 21 heavy (non-hydrogen) atoms. The normalized spacial score (nSPS) is 9.90. The Morgan fingerprint density at radius 1 is 1.05 bits per heavy atom. The van der Waals surface area contributed by atoms with Gasteiger partial charge in [0, 0.05) is 6.42 Å². The molecule has 0 amide bonds. The van der Waals surface area contributed by atoms with Gasteiger partial charge >= 0.3 is 5.97 Å². The molecule has 2 aromatic carbocycles. The third kappa shape index (κ3) is 4.19. The van der Waals surface area contributed by atoms with Crippen LogP contribution in [0, 0.1) is 11.3 Å². The molecule has 0 saturated carbocycles. The van der Waals surface area contributed by atoms with Crippen molar-refractivity contribution in [2.24, 2.45) is 0 Å². The lowest BCUT2D eigenvalue weighted by atomic mass is 10.0. The SMILES string of the molecule is CCCCC(=O)Oc1ccc(-c2ccc(C#N)cc2)cc1. The number of hydrogen-bond acceptors (Lipinski definition) is 3. The van der Waals surface area contributed by atoms with Crippen LogP contribution >= 0.6 is 0 Å². The fourth-order valence-corrected chi connectivity index (χ4v) is 1.96. The number of ether oxygens (including phenoxy) is 1. The van der Waals surface area contributed by atoms with Gasteiger partial charge in [-0.3, -0.25) is 4.79 Å². The molecule has 3 nitrogen and oxygen atoms in total. The number of nitrogens with zero attached hydrogens (tertiary/aromatic N) is 1. The monoisotopic (exact) mass is 279 g/mol. The van der Waals surface area contributed by atoms with Gasteiger partial charge in [-0.05, 0) is 41.8 Å². The van der Waals surface area contributed by atoms with E-state index in [9.17, 15) is 4.79 Å². The number of nitriles is 1. The lowest BCUT2D eigenvalue weighted by molar-refractivity contribution is -0.134. The maximum atomic E-state index is 11.5. The van der Waals surface area contributed by atoms with Crippen molar-refractivity contribution in [3.63, 3.8) is 0 Å². The summed E-state index contributed by atoms with van der Waals surface area (Å²) in [7, 11) is 0. The molecule has 3 heteroatoms. The average molecular weight is 279 g/mol. The van der Waals surface area contributed by atoms with E-state index < -0.39 is 0 Å². The molecule has 0 spiro atoms. The fraction of sp³-hybridized carbons (Fsp3) is 0.222. The zero-order chi connectivity index (χ0) is 15.1. The molecule has 0 radical (unpaired) electrons. The molecule has 0 aromatic heterocycles. The molecule has 0 unspecified atom stereocenters. The van der Waals surface area contributed by atoms with E-state index in [1.165, 1.54) is 0 Å². The predicted octanol–water partition coefficient (Wildman–Crippen LogP) is 4.32. The average Bonchev–Trinajstić information content (AvgIpc) is 2.54. The van der Waals surface area contributed by atoms with Gasteiger partial charge in [0.05, 0.1) is 11.6 Å². The number of hydrogen-bond donors (Lipinski definition) is 0. The van der Waals surface area contributed by atoms with Gasteiger partial charge in [-0.2, -0.15) is 5.26 Å². The van der Waals surface area contributed by atoms with Crippen molar-refractivity contribution in [1.82, 2.24) is 0 Å². The van der Waals surface area contributed by atoms with Crippen LogP contribution in [0.4, 0.5) is 0 Å². The van der Waals surface area contributed by atoms with Crippen LogP contribution in [0.25, 0.3) is 11.1 Å². The second kappa shape index (κ2) is 7.25. The van der Waals surface area contributed by atoms with Gasteiger partial charge < -0.3 is 4.74 Å². The molecule has 0 aliphatic carbocycles. The van der Waals surface area contributed by atoms with E-state index in [1.807, 2.05) is 31.2 Å². The summed E-state index contributed by atoms with van der Waals surface area (Å²) in [6, 6.07) is 16.9. The molecule has 2 rings (SSSR count). The molecule has 0 atom stereocenters. The second-order valence-corrected chi connectivity index (χ2v) is 4.79. The van der Waals surface area contributed by atoms with Crippen molar-refractivity contribution in [3.05, 3.63) is 54.1 Å². The third-order valence-electron chi connectivity index (χ3n) is 3.17. The summed E-state index contributed by atoms with van der Waals surface area (Å²) in [5.74, 6) is 0.372. The largest absolute Gasteiger partial charge is 0.427 e. The highest BCUT2D eigenvalue weighted by molar-refractivity contribution is 5.73. The van der Waals surface area contributed by atoms with Crippen molar-refractivity contribution in [1.29, 1.82) is 5.26 Å². The second-order valence-electron chi connectivity index (χ2n) is 4.79. The number of rotatable bonds is 5. The molecule has 0 fully saturated rings. The molecule has 0 aliphatic heterocycles. The highest BCUT2D eigenvalue weighted by Gasteiger charge is 2.04. The highest BCUT2D eigenvalue weighted by Crippen LogP contribution is 2.23. The van der Waals surface area contributed by atoms with Crippen molar-refractivity contribution in [3.8, 4) is 22.9 Å². The number of carbonyl (C=O) groups excluding carboxylic acids is 1. The van der Waals surface area contributed by atoms with E-state index >= 15 is 0 Å². The highest BCUT2D eigenvalue weighted by atomic mass is 16.5. The Balaban J connectivity index is 2.04. The summed E-state index contributed by atoms with van der Waals surface area (Å²) in [6.07, 6.45) is 2.28. The molecule has 0 N–H and O–H groups in total. The van der Waals surface area contributed by atoms with Gasteiger partial charge in [0.15, 0.2) is 0 Å². The molecule has 0 heterocycles. The minimum absolute atomic E-state index is 0.192. The smallest absolute Gasteiger partial charge is 0.311 e. The standard InChI is InChI=1S/C18H17NO2/c1-2-3-4-18(20)21-17-11-9-16(10-12-17)15-7-5-14(13-19)6-8-15/h5-12H,2-4H2,1H3. The first-order chi connectivity index (χ1) is 10.2. The van der Waals surface area contributed by atoms with Gasteiger partial charge in [-0.1, -0.05) is 37.6 Å². The molecular formula is C18H17NO2. The van der Waals surface area contributed by atoms with Crippen LogP contribution in [0.1, 0.15) is 31.7 Å². The molecule has 106 valence electrons. The number of unbranched alkanes of at least 4 members (excludes halogenated alkanes) is 1. The van der Waals surface area contributed by atoms with E-state index in [1.54, 1.807) is 24.3 Å². The predicted molar refractivity (Wildman–Crippen MR) is 81.8 cm³/mol. The minimum Gasteiger partial charge on any atom is -0.427 e. The summed E-state index contributed by atoms with van der Waals surface area (Å²) in [5, 5.41) is 8.78. The summed E-state index contributed by atoms with van der Waals surface area (Å²) >= 11 is 0. The lowest BCUT2D eigenvalue weighted by Gasteiger charge is -2.06. The first-order valence-electron chi connectivity index (χ1n) is 7.04. The number of esters is 1. The molecule has 0 bridgehead atoms. The maximum Gasteiger partial charge on any atom is 0.311 e. The van der Waals surface area contributed by atoms with E-state index in [2.05, 4.69) is 6.07 Å². The Morgan fingerprint density at radius 3 is 2.14 bits per heavy atom. The number of benzene rings is 2. The Morgan fingerprint density at radius 2 is 1.62 bits per heavy atom. The number of carbonyl (C=O) groups is 1. The van der Waals surface area contributed by atoms with Gasteiger partial charge in [0.2, 0.25) is 0 Å². The summed E-state index contributed by atoms with van der Waals surface area (Å²) in [6.45, 7) is 2.04. The van der Waals surface area contributed by atoms with Crippen LogP contribution < -0.4 is 4.74 Å². The Bertz CT molecular complexity index is 636. The third-order valence-corrected chi connectivity index (χ3v) is 3.17. The zero-order valence-corrected chi connectivity index (χ0v) is 12.0. The fourth-order valence-electron chi connectivity index (χ4n) is 1.96. The van der Waals surface area contributed by atoms with Crippen LogP contribution in [0.3, 0.4) is 0 Å². The van der Waals surface area contributed by atoms with Crippen LogP contribution in [0.2, 0.25) is 0 Å². The van der Waals surface area contributed by atoms with Gasteiger partial charge in [0.1, 0.15) is 5.75 Å². The Labute approximate surface area is 124 Å². The van der Waals surface area contributed by atoms with Gasteiger partial charge in [-0.15, -0.1) is 0 Å². The van der Waals surface area contributed by atoms with E-state index in [0.29, 0.717) is 17.7 Å². The zero-order valence-electron chi connectivity index (χ0n) is 12.0.